The van der Waals surface area contributed by atoms with Gasteiger partial charge in [0.1, 0.15) is 23.4 Å². The van der Waals surface area contributed by atoms with Gasteiger partial charge in [-0.15, -0.1) is 0 Å². The highest BCUT2D eigenvalue weighted by Crippen LogP contribution is 2.43. The van der Waals surface area contributed by atoms with Crippen LogP contribution in [-0.4, -0.2) is 36.8 Å². The fraction of sp³-hybridized carbons (Fsp3) is 0.545. The summed E-state index contributed by atoms with van der Waals surface area (Å²) < 4.78 is 50.3. The minimum absolute atomic E-state index is 0.0950. The van der Waals surface area contributed by atoms with Gasteiger partial charge in [-0.3, -0.25) is 0 Å². The molecule has 1 aromatic carbocycles. The fourth-order valence-electron chi connectivity index (χ4n) is 4.76. The van der Waals surface area contributed by atoms with Gasteiger partial charge in [0.25, 0.3) is 0 Å². The quantitative estimate of drug-likeness (QED) is 0.768. The summed E-state index contributed by atoms with van der Waals surface area (Å²) in [6.45, 7) is 4.77. The van der Waals surface area contributed by atoms with E-state index in [0.717, 1.165) is 43.8 Å². The van der Waals surface area contributed by atoms with Crippen molar-refractivity contribution in [3.63, 3.8) is 0 Å². The number of methoxy groups -OCH3 is 1. The second-order valence-electron chi connectivity index (χ2n) is 8.20. The van der Waals surface area contributed by atoms with Gasteiger partial charge in [-0.25, -0.2) is 0 Å². The van der Waals surface area contributed by atoms with E-state index >= 15 is 0 Å². The summed E-state index contributed by atoms with van der Waals surface area (Å²) in [6, 6.07) is 5.15. The minimum Gasteiger partial charge on any atom is -0.496 e. The smallest absolute Gasteiger partial charge is 0.416 e. The Morgan fingerprint density at radius 2 is 2.00 bits per heavy atom. The molecular weight excluding hydrogens is 383 g/mol. The van der Waals surface area contributed by atoms with E-state index in [1.807, 2.05) is 6.92 Å². The molecule has 158 valence electrons. The van der Waals surface area contributed by atoms with Crippen molar-refractivity contribution in [2.45, 2.75) is 38.5 Å². The number of hydrogen-bond acceptors (Lipinski definition) is 4. The number of alkyl halides is 3. The molecule has 7 heteroatoms. The Balaban J connectivity index is 1.63. The largest absolute Gasteiger partial charge is 0.496 e. The van der Waals surface area contributed by atoms with Gasteiger partial charge in [-0.05, 0) is 62.1 Å². The van der Waals surface area contributed by atoms with Gasteiger partial charge in [0.15, 0.2) is 0 Å². The third-order valence-corrected chi connectivity index (χ3v) is 6.27. The van der Waals surface area contributed by atoms with E-state index < -0.39 is 17.8 Å². The Hall–Kier alpha value is -1.99. The Morgan fingerprint density at radius 3 is 2.72 bits per heavy atom. The number of halogens is 3. The zero-order valence-electron chi connectivity index (χ0n) is 16.6. The van der Waals surface area contributed by atoms with Gasteiger partial charge >= 0.3 is 6.18 Å². The van der Waals surface area contributed by atoms with Crippen LogP contribution < -0.4 is 4.74 Å². The molecule has 4 rings (SSSR count). The van der Waals surface area contributed by atoms with Crippen LogP contribution in [0.1, 0.15) is 42.3 Å². The van der Waals surface area contributed by atoms with Crippen LogP contribution in [0, 0.1) is 18.8 Å². The predicted molar refractivity (Wildman–Crippen MR) is 103 cm³/mol. The van der Waals surface area contributed by atoms with Crippen LogP contribution in [0.2, 0.25) is 0 Å². The van der Waals surface area contributed by atoms with E-state index in [9.17, 15) is 18.3 Å². The van der Waals surface area contributed by atoms with Crippen LogP contribution in [-0.2, 0) is 6.18 Å². The maximum absolute atomic E-state index is 13.0. The number of furan rings is 1. The first kappa shape index (κ1) is 20.3. The van der Waals surface area contributed by atoms with Crippen molar-refractivity contribution in [1.29, 1.82) is 0 Å². The Kier molecular flexibility index (Phi) is 5.38. The van der Waals surface area contributed by atoms with Crippen LogP contribution in [0.15, 0.2) is 28.7 Å². The second-order valence-corrected chi connectivity index (χ2v) is 8.20. The van der Waals surface area contributed by atoms with Crippen LogP contribution in [0.3, 0.4) is 0 Å². The van der Waals surface area contributed by atoms with Gasteiger partial charge < -0.3 is 19.2 Å². The number of aryl methyl sites for hydroxylation is 1. The lowest BCUT2D eigenvalue weighted by Gasteiger charge is -2.23. The van der Waals surface area contributed by atoms with E-state index in [4.69, 9.17) is 9.15 Å². The molecular formula is C22H26F3NO3. The molecule has 4 unspecified atom stereocenters. The van der Waals surface area contributed by atoms with Crippen LogP contribution in [0.5, 0.6) is 5.75 Å². The van der Waals surface area contributed by atoms with Crippen molar-refractivity contribution in [2.75, 3.05) is 26.7 Å². The van der Waals surface area contributed by atoms with Crippen molar-refractivity contribution >= 4 is 0 Å². The molecule has 2 aromatic rings. The number of rotatable bonds is 4. The molecule has 0 amide bonds. The average molecular weight is 409 g/mol. The van der Waals surface area contributed by atoms with Crippen molar-refractivity contribution in [3.05, 3.63) is 41.2 Å². The maximum Gasteiger partial charge on any atom is 0.416 e. The first-order valence-electron chi connectivity index (χ1n) is 10.0. The number of ether oxygens (including phenoxy) is 1. The van der Waals surface area contributed by atoms with E-state index in [1.54, 1.807) is 6.07 Å². The highest BCUT2D eigenvalue weighted by atomic mass is 19.4. The summed E-state index contributed by atoms with van der Waals surface area (Å²) in [5.74, 6) is 1.56. The zero-order valence-corrected chi connectivity index (χ0v) is 16.6. The molecule has 1 N–H and O–H groups in total. The molecule has 0 spiro atoms. The van der Waals surface area contributed by atoms with Gasteiger partial charge in [0, 0.05) is 19.0 Å². The molecule has 2 aliphatic rings. The van der Waals surface area contributed by atoms with Crippen molar-refractivity contribution < 1.29 is 27.4 Å². The summed E-state index contributed by atoms with van der Waals surface area (Å²) in [5.41, 5.74) is 0.434. The maximum atomic E-state index is 13.0. The standard InChI is InChI=1S/C22H26F3NO3/c1-13-9-19(20(27)17-12-26-8-4-3-5-14(17)11-26)29-21(13)16-7-6-15(22(23,24)25)10-18(16)28-2/h6-7,9-10,14,17,20,27H,3-5,8,11-12H2,1-2H3. The topological polar surface area (TPSA) is 45.8 Å². The SMILES string of the molecule is COc1cc(C(F)(F)F)ccc1-c1oc(C(O)C2CN3CCCCC2C3)cc1C. The van der Waals surface area contributed by atoms with Crippen LogP contribution in [0.4, 0.5) is 13.2 Å². The second kappa shape index (κ2) is 7.69. The van der Waals surface area contributed by atoms with Gasteiger partial charge in [-0.2, -0.15) is 13.2 Å². The van der Waals surface area contributed by atoms with Crippen LogP contribution >= 0.6 is 0 Å². The Bertz CT molecular complexity index is 877. The first-order chi connectivity index (χ1) is 13.8. The summed E-state index contributed by atoms with van der Waals surface area (Å²) in [7, 11) is 1.34. The van der Waals surface area contributed by atoms with Crippen LogP contribution in [0.25, 0.3) is 11.3 Å². The highest BCUT2D eigenvalue weighted by Gasteiger charge is 2.40. The minimum atomic E-state index is -4.44. The third-order valence-electron chi connectivity index (χ3n) is 6.27. The normalized spacial score (nSPS) is 25.7. The number of aliphatic hydroxyl groups is 1. The highest BCUT2D eigenvalue weighted by molar-refractivity contribution is 5.69. The van der Waals surface area contributed by atoms with E-state index in [-0.39, 0.29) is 11.7 Å². The number of benzene rings is 1. The van der Waals surface area contributed by atoms with Crippen molar-refractivity contribution in [2.24, 2.45) is 11.8 Å². The van der Waals surface area contributed by atoms with E-state index in [2.05, 4.69) is 4.90 Å². The number of aliphatic hydroxyl groups excluding tert-OH is 1. The lowest BCUT2D eigenvalue weighted by molar-refractivity contribution is -0.137. The number of hydrogen-bond donors (Lipinski definition) is 1. The fourth-order valence-corrected chi connectivity index (χ4v) is 4.76. The number of fused-ring (bicyclic) bond motifs is 2. The lowest BCUT2D eigenvalue weighted by atomic mass is 9.86. The molecule has 4 atom stereocenters. The molecule has 3 heterocycles. The molecule has 4 nitrogen and oxygen atoms in total. The molecule has 2 saturated heterocycles. The van der Waals surface area contributed by atoms with Gasteiger partial charge in [0.05, 0.1) is 18.2 Å². The Labute approximate surface area is 168 Å². The van der Waals surface area contributed by atoms with E-state index in [0.29, 0.717) is 23.0 Å². The summed E-state index contributed by atoms with van der Waals surface area (Å²) >= 11 is 0. The third kappa shape index (κ3) is 3.90. The molecule has 0 saturated carbocycles. The van der Waals surface area contributed by atoms with Crippen molar-refractivity contribution in [1.82, 2.24) is 4.90 Å². The molecule has 29 heavy (non-hydrogen) atoms. The molecule has 0 aliphatic carbocycles. The van der Waals surface area contributed by atoms with Crippen molar-refractivity contribution in [3.8, 4) is 17.1 Å². The molecule has 0 radical (unpaired) electrons. The molecule has 2 bridgehead atoms. The number of nitrogens with zero attached hydrogens (tertiary/aromatic N) is 1. The summed E-state index contributed by atoms with van der Waals surface area (Å²) in [5, 5.41) is 11.0. The lowest BCUT2D eigenvalue weighted by Crippen LogP contribution is -2.24. The van der Waals surface area contributed by atoms with E-state index in [1.165, 1.54) is 26.0 Å². The molecule has 2 aliphatic heterocycles. The first-order valence-corrected chi connectivity index (χ1v) is 10.0. The molecule has 2 fully saturated rings. The van der Waals surface area contributed by atoms with Gasteiger partial charge in [0.2, 0.25) is 0 Å². The average Bonchev–Trinajstić information content (AvgIpc) is 3.17. The summed E-state index contributed by atoms with van der Waals surface area (Å²) in [6.07, 6.45) is -1.68. The summed E-state index contributed by atoms with van der Waals surface area (Å²) in [4.78, 5) is 2.40. The van der Waals surface area contributed by atoms with Gasteiger partial charge in [-0.1, -0.05) is 6.42 Å². The monoisotopic (exact) mass is 409 g/mol. The molecule has 1 aromatic heterocycles. The Morgan fingerprint density at radius 1 is 1.21 bits per heavy atom. The zero-order chi connectivity index (χ0) is 20.8. The predicted octanol–water partition coefficient (Wildman–Crippen LogP) is 5.05.